The molecule has 1 spiro atoms. The molecule has 0 bridgehead atoms. The predicted molar refractivity (Wildman–Crippen MR) is 174 cm³/mol. The van der Waals surface area contributed by atoms with Gasteiger partial charge in [-0.05, 0) is 56.0 Å². The number of hydrogen-bond acceptors (Lipinski definition) is 11. The highest BCUT2D eigenvalue weighted by Gasteiger charge is 2.73. The van der Waals surface area contributed by atoms with Crippen molar-refractivity contribution in [2.24, 2.45) is 16.1 Å². The zero-order valence-electron chi connectivity index (χ0n) is 27.0. The van der Waals surface area contributed by atoms with E-state index in [4.69, 9.17) is 30.3 Å². The fourth-order valence-electron chi connectivity index (χ4n) is 8.90. The van der Waals surface area contributed by atoms with Crippen molar-refractivity contribution in [3.8, 4) is 28.1 Å². The van der Waals surface area contributed by atoms with Crippen LogP contribution >= 0.6 is 0 Å². The van der Waals surface area contributed by atoms with E-state index in [-0.39, 0.29) is 17.5 Å². The summed E-state index contributed by atoms with van der Waals surface area (Å²) in [4.78, 5) is 17.1. The lowest BCUT2D eigenvalue weighted by Crippen LogP contribution is -2.78. The van der Waals surface area contributed by atoms with E-state index in [0.29, 0.717) is 43.4 Å². The minimum Gasteiger partial charge on any atom is -0.497 e. The molecule has 5 N–H and O–H groups in total. The Balaban J connectivity index is 1.08. The molecule has 13 heteroatoms. The van der Waals surface area contributed by atoms with Gasteiger partial charge in [-0.1, -0.05) is 6.07 Å². The fourth-order valence-corrected chi connectivity index (χ4v) is 8.90. The molecule has 3 aliphatic heterocycles. The van der Waals surface area contributed by atoms with Crippen LogP contribution in [-0.4, -0.2) is 92.9 Å². The highest BCUT2D eigenvalue weighted by molar-refractivity contribution is 5.86. The van der Waals surface area contributed by atoms with Gasteiger partial charge in [0.05, 0.1) is 63.4 Å². The second-order valence-corrected chi connectivity index (χ2v) is 14.4. The number of aliphatic imine (C=N–C) groups is 1. The van der Waals surface area contributed by atoms with Gasteiger partial charge in [0.1, 0.15) is 5.75 Å². The Kier molecular flexibility index (Phi) is 6.37. The summed E-state index contributed by atoms with van der Waals surface area (Å²) in [5.41, 5.74) is 17.7. The summed E-state index contributed by atoms with van der Waals surface area (Å²) in [6.45, 7) is 2.04. The molecule has 244 valence electrons. The number of piperidine rings is 1. The van der Waals surface area contributed by atoms with Crippen molar-refractivity contribution in [3.05, 3.63) is 65.7 Å². The number of methoxy groups -OCH3 is 1. The Morgan fingerprint density at radius 2 is 1.96 bits per heavy atom. The molecule has 5 aliphatic rings. The third kappa shape index (κ3) is 4.31. The number of nitrogens with one attached hydrogen (secondary N) is 2. The number of rotatable bonds is 6. The number of amidine groups is 1. The number of nitrogens with two attached hydrogens (primary N) is 1. The average molecular weight is 638 g/mol. The molecule has 2 aliphatic carbocycles. The number of ether oxygens (including phenoxy) is 2. The van der Waals surface area contributed by atoms with E-state index in [0.717, 1.165) is 70.0 Å². The highest BCUT2D eigenvalue weighted by atomic mass is 16.5. The Hall–Kier alpha value is -3.98. The van der Waals surface area contributed by atoms with Gasteiger partial charge in [-0.3, -0.25) is 15.2 Å². The number of quaternary nitrogens is 1. The minimum absolute atomic E-state index is 0.0775. The molecular formula is C34H41N10O3+. The van der Waals surface area contributed by atoms with Crippen molar-refractivity contribution < 1.29 is 19.2 Å². The molecule has 3 fully saturated rings. The maximum atomic E-state index is 11.5. The van der Waals surface area contributed by atoms with Crippen LogP contribution in [0.5, 0.6) is 5.75 Å². The molecule has 0 radical (unpaired) electrons. The van der Waals surface area contributed by atoms with E-state index in [9.17, 15) is 5.11 Å². The molecule has 4 aromatic rings. The molecule has 1 aromatic carbocycles. The monoisotopic (exact) mass is 637 g/mol. The van der Waals surface area contributed by atoms with Gasteiger partial charge in [0.15, 0.2) is 24.4 Å². The van der Waals surface area contributed by atoms with Crippen molar-refractivity contribution >= 4 is 11.5 Å². The van der Waals surface area contributed by atoms with Crippen LogP contribution in [0.25, 0.3) is 28.0 Å². The summed E-state index contributed by atoms with van der Waals surface area (Å²) >= 11 is 0. The van der Waals surface area contributed by atoms with Gasteiger partial charge >= 0.3 is 0 Å². The van der Waals surface area contributed by atoms with Crippen LogP contribution in [0.2, 0.25) is 0 Å². The molecule has 3 aromatic heterocycles. The van der Waals surface area contributed by atoms with Gasteiger partial charge in [0.2, 0.25) is 0 Å². The van der Waals surface area contributed by atoms with Gasteiger partial charge in [0, 0.05) is 52.5 Å². The lowest BCUT2D eigenvalue weighted by atomic mass is 9.53. The molecular weight excluding hydrogens is 596 g/mol. The number of benzene rings is 1. The van der Waals surface area contributed by atoms with Crippen LogP contribution in [0.4, 0.5) is 0 Å². The second kappa shape index (κ2) is 10.3. The zero-order valence-corrected chi connectivity index (χ0v) is 27.0. The summed E-state index contributed by atoms with van der Waals surface area (Å²) < 4.78 is 13.8. The number of nitrogens with zero attached hydrogens (tertiary/aromatic N) is 7. The third-order valence-electron chi connectivity index (χ3n) is 11.2. The number of aliphatic hydroxyl groups is 1. The standard InChI is InChI=1S/C34H41N10O3/c1-44(2)18-38-30(41-44)32(45)42-27-10-11-33(27)17-34(35,12-28(33)42)29-24-16-47-19-36-15-26(24)43-31(40-29)23(14-39-43)21-6-9-25(37-13-21)20-4-7-22(46-3)8-5-20/h4-9,13-14,27-28,32,36,45H,10-12,15-19,35H2,1-3H3,(H,38,41)/q+1. The first-order chi connectivity index (χ1) is 22.7. The van der Waals surface area contributed by atoms with Crippen molar-refractivity contribution in [2.75, 3.05) is 34.6 Å². The molecule has 6 heterocycles. The number of hydrogen-bond donors (Lipinski definition) is 4. The molecule has 1 saturated heterocycles. The summed E-state index contributed by atoms with van der Waals surface area (Å²) in [5.74, 6) is 1.46. The van der Waals surface area contributed by atoms with E-state index in [1.807, 2.05) is 61.3 Å². The van der Waals surface area contributed by atoms with Crippen LogP contribution in [-0.2, 0) is 23.4 Å². The first-order valence-electron chi connectivity index (χ1n) is 16.4. The van der Waals surface area contributed by atoms with Gasteiger partial charge in [0.25, 0.3) is 0 Å². The normalized spacial score (nSPS) is 29.9. The Labute approximate surface area is 273 Å². The van der Waals surface area contributed by atoms with Gasteiger partial charge in [-0.2, -0.15) is 5.10 Å². The van der Waals surface area contributed by atoms with Crippen LogP contribution in [0.15, 0.2) is 53.8 Å². The number of aliphatic hydroxyl groups excluding tert-OH is 1. The predicted octanol–water partition coefficient (Wildman–Crippen LogP) is 2.09. The van der Waals surface area contributed by atoms with E-state index in [2.05, 4.69) is 26.7 Å². The van der Waals surface area contributed by atoms with Gasteiger partial charge in [-0.15, -0.1) is 0 Å². The average Bonchev–Trinajstić information content (AvgIpc) is 3.69. The molecule has 9 rings (SSSR count). The van der Waals surface area contributed by atoms with E-state index < -0.39 is 11.8 Å². The van der Waals surface area contributed by atoms with Gasteiger partial charge in [-0.25, -0.2) is 24.5 Å². The maximum absolute atomic E-state index is 11.5. The van der Waals surface area contributed by atoms with Crippen LogP contribution in [0.1, 0.15) is 42.6 Å². The van der Waals surface area contributed by atoms with Crippen molar-refractivity contribution in [2.45, 2.75) is 62.7 Å². The lowest BCUT2D eigenvalue weighted by Gasteiger charge is -2.69. The number of likely N-dealkylation sites (tertiary alicyclic amines) is 1. The van der Waals surface area contributed by atoms with Crippen molar-refractivity contribution in [1.29, 1.82) is 0 Å². The lowest BCUT2D eigenvalue weighted by molar-refractivity contribution is -0.917. The molecule has 5 atom stereocenters. The van der Waals surface area contributed by atoms with Crippen LogP contribution in [0, 0.1) is 5.41 Å². The number of fused-ring (bicyclic) bond motifs is 3. The molecule has 0 amide bonds. The Morgan fingerprint density at radius 3 is 2.66 bits per heavy atom. The molecule has 5 unspecified atom stereocenters. The van der Waals surface area contributed by atoms with E-state index >= 15 is 0 Å². The summed E-state index contributed by atoms with van der Waals surface area (Å²) in [5, 5.41) is 19.8. The molecule has 2 saturated carbocycles. The summed E-state index contributed by atoms with van der Waals surface area (Å²) in [7, 11) is 5.76. The first kappa shape index (κ1) is 29.2. The van der Waals surface area contributed by atoms with Crippen LogP contribution in [0.3, 0.4) is 0 Å². The largest absolute Gasteiger partial charge is 0.497 e. The fraction of sp³-hybridized carbons (Fsp3) is 0.471. The SMILES string of the molecule is COc1ccc(-c2ccc(-c3cnn4c5c(c(C6(N)CC7N(C(O)C8=NC[N+](C)(C)N8)C8CCC87C6)nc34)COCNC5)cn2)cc1. The number of aromatic nitrogens is 4. The van der Waals surface area contributed by atoms with Crippen LogP contribution < -0.4 is 21.2 Å². The number of pyridine rings is 1. The maximum Gasteiger partial charge on any atom is 0.196 e. The summed E-state index contributed by atoms with van der Waals surface area (Å²) in [6.07, 6.45) is 6.68. The topological polar surface area (TPSA) is 147 Å². The second-order valence-electron chi connectivity index (χ2n) is 14.4. The molecule has 13 nitrogen and oxygen atoms in total. The first-order valence-corrected chi connectivity index (χ1v) is 16.4. The highest BCUT2D eigenvalue weighted by Crippen LogP contribution is 2.69. The molecule has 47 heavy (non-hydrogen) atoms. The zero-order chi connectivity index (χ0) is 32.1. The quantitative estimate of drug-likeness (QED) is 0.232. The Morgan fingerprint density at radius 1 is 1.13 bits per heavy atom. The summed E-state index contributed by atoms with van der Waals surface area (Å²) in [6, 6.07) is 12.4. The smallest absolute Gasteiger partial charge is 0.196 e. The van der Waals surface area contributed by atoms with Crippen molar-refractivity contribution in [3.63, 3.8) is 0 Å². The van der Waals surface area contributed by atoms with Gasteiger partial charge < -0.3 is 20.3 Å². The third-order valence-corrected chi connectivity index (χ3v) is 11.2. The van der Waals surface area contributed by atoms with E-state index in [1.54, 1.807) is 7.11 Å². The van der Waals surface area contributed by atoms with Crippen molar-refractivity contribution in [1.82, 2.24) is 35.2 Å². The minimum atomic E-state index is -0.768. The van der Waals surface area contributed by atoms with E-state index in [1.165, 1.54) is 0 Å². The Bertz CT molecular complexity index is 1910.